The highest BCUT2D eigenvalue weighted by Crippen LogP contribution is 2.17. The van der Waals surface area contributed by atoms with Gasteiger partial charge in [0.2, 0.25) is 0 Å². The Hall–Kier alpha value is -0.410. The molecule has 110 valence electrons. The molecule has 7 heteroatoms. The Morgan fingerprint density at radius 3 is 2.74 bits per heavy atom. The van der Waals surface area contributed by atoms with Crippen molar-refractivity contribution in [2.45, 2.75) is 26.3 Å². The number of hydrogen-bond acceptors (Lipinski definition) is 4. The van der Waals surface area contributed by atoms with Gasteiger partial charge in [0.05, 0.1) is 18.8 Å². The van der Waals surface area contributed by atoms with Crippen LogP contribution in [0.4, 0.5) is 0 Å². The number of thiazole rings is 1. The van der Waals surface area contributed by atoms with Crippen molar-refractivity contribution in [3.05, 3.63) is 16.1 Å². The molecule has 0 amide bonds. The van der Waals surface area contributed by atoms with Gasteiger partial charge < -0.3 is 15.4 Å². The molecule has 1 rings (SSSR count). The van der Waals surface area contributed by atoms with E-state index in [2.05, 4.69) is 39.8 Å². The molecule has 0 aromatic carbocycles. The fraction of sp³-hybridized carbons (Fsp3) is 0.667. The molecule has 0 aliphatic carbocycles. The van der Waals surface area contributed by atoms with Crippen molar-refractivity contribution in [3.8, 4) is 0 Å². The van der Waals surface area contributed by atoms with Gasteiger partial charge in [-0.1, -0.05) is 13.8 Å². The lowest BCUT2D eigenvalue weighted by Gasteiger charge is -2.10. The molecule has 0 saturated heterocycles. The van der Waals surface area contributed by atoms with Crippen molar-refractivity contribution < 1.29 is 4.74 Å². The maximum absolute atomic E-state index is 4.97. The summed E-state index contributed by atoms with van der Waals surface area (Å²) in [5, 5.41) is 9.58. The zero-order valence-corrected chi connectivity index (χ0v) is 15.0. The first-order chi connectivity index (χ1) is 8.67. The zero-order chi connectivity index (χ0) is 13.4. The molecular weight excluding hydrogens is 375 g/mol. The molecule has 19 heavy (non-hydrogen) atoms. The van der Waals surface area contributed by atoms with Crippen LogP contribution < -0.4 is 10.6 Å². The van der Waals surface area contributed by atoms with Gasteiger partial charge >= 0.3 is 0 Å². The van der Waals surface area contributed by atoms with E-state index in [0.717, 1.165) is 23.2 Å². The van der Waals surface area contributed by atoms with E-state index in [4.69, 9.17) is 4.74 Å². The predicted molar refractivity (Wildman–Crippen MR) is 91.7 cm³/mol. The summed E-state index contributed by atoms with van der Waals surface area (Å²) in [7, 11) is 3.43. The summed E-state index contributed by atoms with van der Waals surface area (Å²) in [6.07, 6.45) is 0. The lowest BCUT2D eigenvalue weighted by Crippen LogP contribution is -2.38. The Morgan fingerprint density at radius 2 is 2.21 bits per heavy atom. The average molecular weight is 398 g/mol. The Morgan fingerprint density at radius 1 is 1.47 bits per heavy atom. The van der Waals surface area contributed by atoms with Crippen molar-refractivity contribution in [3.63, 3.8) is 0 Å². The second-order valence-corrected chi connectivity index (χ2v) is 5.11. The van der Waals surface area contributed by atoms with Gasteiger partial charge in [-0.05, 0) is 5.92 Å². The van der Waals surface area contributed by atoms with Gasteiger partial charge in [-0.2, -0.15) is 0 Å². The van der Waals surface area contributed by atoms with Crippen molar-refractivity contribution in [1.82, 2.24) is 15.6 Å². The third-order valence-corrected chi connectivity index (χ3v) is 3.26. The van der Waals surface area contributed by atoms with Crippen LogP contribution in [0.3, 0.4) is 0 Å². The molecule has 1 aromatic heterocycles. The Bertz CT molecular complexity index is 382. The van der Waals surface area contributed by atoms with Gasteiger partial charge in [0.1, 0.15) is 5.01 Å². The van der Waals surface area contributed by atoms with Crippen LogP contribution in [0.1, 0.15) is 30.5 Å². The summed E-state index contributed by atoms with van der Waals surface area (Å²) in [5.74, 6) is 1.25. The van der Waals surface area contributed by atoms with Gasteiger partial charge in [-0.25, -0.2) is 4.98 Å². The van der Waals surface area contributed by atoms with Crippen LogP contribution in [0.15, 0.2) is 10.4 Å². The minimum absolute atomic E-state index is 0. The normalized spacial score (nSPS) is 11.3. The highest BCUT2D eigenvalue weighted by Gasteiger charge is 2.06. The highest BCUT2D eigenvalue weighted by atomic mass is 127. The molecule has 0 radical (unpaired) electrons. The van der Waals surface area contributed by atoms with Crippen molar-refractivity contribution >= 4 is 41.3 Å². The second-order valence-electron chi connectivity index (χ2n) is 4.17. The predicted octanol–water partition coefficient (Wildman–Crippen LogP) is 2.20. The summed E-state index contributed by atoms with van der Waals surface area (Å²) < 4.78 is 4.97. The molecule has 5 nitrogen and oxygen atoms in total. The summed E-state index contributed by atoms with van der Waals surface area (Å²) >= 11 is 1.68. The maximum Gasteiger partial charge on any atom is 0.191 e. The van der Waals surface area contributed by atoms with Crippen LogP contribution >= 0.6 is 35.3 Å². The lowest BCUT2D eigenvalue weighted by molar-refractivity contribution is 0.203. The van der Waals surface area contributed by atoms with E-state index in [1.165, 1.54) is 0 Å². The summed E-state index contributed by atoms with van der Waals surface area (Å²) in [6.45, 7) is 6.40. The fourth-order valence-corrected chi connectivity index (χ4v) is 2.22. The van der Waals surface area contributed by atoms with Crippen molar-refractivity contribution in [2.75, 3.05) is 27.3 Å². The van der Waals surface area contributed by atoms with E-state index < -0.39 is 0 Å². The molecule has 2 N–H and O–H groups in total. The molecule has 1 heterocycles. The summed E-state index contributed by atoms with van der Waals surface area (Å²) in [6, 6.07) is 0. The minimum atomic E-state index is 0. The Labute approximate surface area is 136 Å². The maximum atomic E-state index is 4.97. The molecule has 0 aliphatic heterocycles. The number of nitrogens with one attached hydrogen (secondary N) is 2. The minimum Gasteiger partial charge on any atom is -0.383 e. The number of halogens is 1. The number of aliphatic imine (C=N–C) groups is 1. The Kier molecular flexibility index (Phi) is 10.2. The molecule has 0 atom stereocenters. The number of ether oxygens (including phenoxy) is 1. The number of rotatable bonds is 6. The molecule has 1 aromatic rings. The molecule has 0 unspecified atom stereocenters. The van der Waals surface area contributed by atoms with Gasteiger partial charge in [0, 0.05) is 26.1 Å². The van der Waals surface area contributed by atoms with E-state index in [1.807, 2.05) is 0 Å². The first-order valence-corrected chi connectivity index (χ1v) is 6.93. The van der Waals surface area contributed by atoms with Crippen LogP contribution in [0.2, 0.25) is 0 Å². The van der Waals surface area contributed by atoms with Crippen molar-refractivity contribution in [2.24, 2.45) is 4.99 Å². The van der Waals surface area contributed by atoms with Gasteiger partial charge in [0.15, 0.2) is 5.96 Å². The fourth-order valence-electron chi connectivity index (χ4n) is 1.32. The second kappa shape index (κ2) is 10.4. The van der Waals surface area contributed by atoms with Crippen LogP contribution in [0, 0.1) is 0 Å². The first-order valence-electron chi connectivity index (χ1n) is 6.05. The summed E-state index contributed by atoms with van der Waals surface area (Å²) in [5.41, 5.74) is 1.15. The molecule has 0 spiro atoms. The van der Waals surface area contributed by atoms with Gasteiger partial charge in [-0.15, -0.1) is 35.3 Å². The Balaban J connectivity index is 0.00000324. The van der Waals surface area contributed by atoms with Gasteiger partial charge in [0.25, 0.3) is 0 Å². The average Bonchev–Trinajstić information content (AvgIpc) is 2.82. The van der Waals surface area contributed by atoms with E-state index in [9.17, 15) is 0 Å². The SMILES string of the molecule is CN=C(NCCOC)NCc1nc(C(C)C)cs1.I. The third-order valence-electron chi connectivity index (χ3n) is 2.39. The molecular formula is C12H23IN4OS. The summed E-state index contributed by atoms with van der Waals surface area (Å²) in [4.78, 5) is 8.69. The topological polar surface area (TPSA) is 58.5 Å². The van der Waals surface area contributed by atoms with Crippen LogP contribution in [-0.2, 0) is 11.3 Å². The third kappa shape index (κ3) is 7.07. The van der Waals surface area contributed by atoms with Crippen molar-refractivity contribution in [1.29, 1.82) is 0 Å². The van der Waals surface area contributed by atoms with E-state index in [-0.39, 0.29) is 24.0 Å². The van der Waals surface area contributed by atoms with Crippen LogP contribution in [-0.4, -0.2) is 38.3 Å². The number of guanidine groups is 1. The van der Waals surface area contributed by atoms with Crippen LogP contribution in [0.25, 0.3) is 0 Å². The molecule has 0 fully saturated rings. The molecule has 0 saturated carbocycles. The largest absolute Gasteiger partial charge is 0.383 e. The van der Waals surface area contributed by atoms with E-state index >= 15 is 0 Å². The smallest absolute Gasteiger partial charge is 0.191 e. The lowest BCUT2D eigenvalue weighted by atomic mass is 10.2. The highest BCUT2D eigenvalue weighted by molar-refractivity contribution is 14.0. The quantitative estimate of drug-likeness (QED) is 0.334. The van der Waals surface area contributed by atoms with Crippen LogP contribution in [0.5, 0.6) is 0 Å². The number of aromatic nitrogens is 1. The molecule has 0 aliphatic rings. The van der Waals surface area contributed by atoms with E-state index in [1.54, 1.807) is 25.5 Å². The molecule has 0 bridgehead atoms. The monoisotopic (exact) mass is 398 g/mol. The number of hydrogen-bond donors (Lipinski definition) is 2. The first kappa shape index (κ1) is 18.6. The zero-order valence-electron chi connectivity index (χ0n) is 11.9. The van der Waals surface area contributed by atoms with Gasteiger partial charge in [-0.3, -0.25) is 4.99 Å². The standard InChI is InChI=1S/C12H22N4OS.HI/c1-9(2)10-8-18-11(16-10)7-15-12(13-3)14-5-6-17-4;/h8-9H,5-7H2,1-4H3,(H2,13,14,15);1H. The van der Waals surface area contributed by atoms with E-state index in [0.29, 0.717) is 19.1 Å². The number of nitrogens with zero attached hydrogens (tertiary/aromatic N) is 2. The number of methoxy groups -OCH3 is 1.